The Morgan fingerprint density at radius 1 is 1.00 bits per heavy atom. The lowest BCUT2D eigenvalue weighted by Gasteiger charge is -2.52. The summed E-state index contributed by atoms with van der Waals surface area (Å²) in [7, 11) is 0. The van der Waals surface area contributed by atoms with Crippen LogP contribution in [0.25, 0.3) is 6.08 Å². The second-order valence-corrected chi connectivity index (χ2v) is 20.9. The molecule has 3 aromatic carbocycles. The Labute approximate surface area is 410 Å². The van der Waals surface area contributed by atoms with Crippen LogP contribution >= 0.6 is 0 Å². The van der Waals surface area contributed by atoms with E-state index in [1.54, 1.807) is 18.2 Å². The summed E-state index contributed by atoms with van der Waals surface area (Å²) in [6, 6.07) is 23.4. The summed E-state index contributed by atoms with van der Waals surface area (Å²) in [6.07, 6.45) is 23.9. The third kappa shape index (κ3) is 13.9. The number of ether oxygens (including phenoxy) is 1. The molecule has 11 heteroatoms. The molecule has 0 aromatic heterocycles. The molecule has 370 valence electrons. The highest BCUT2D eigenvalue weighted by molar-refractivity contribution is 6.06. The number of piperidine rings is 1. The van der Waals surface area contributed by atoms with Crippen molar-refractivity contribution in [3.8, 4) is 11.5 Å². The number of aryl methyl sites for hydroxylation is 3. The fourth-order valence-electron chi connectivity index (χ4n) is 12.5. The van der Waals surface area contributed by atoms with Crippen LogP contribution in [0.2, 0.25) is 0 Å². The molecular formula is C58H77N5O6. The highest BCUT2D eigenvalue weighted by Gasteiger charge is 2.49. The quantitative estimate of drug-likeness (QED) is 0.0206. The first-order chi connectivity index (χ1) is 33.5. The third-order valence-corrected chi connectivity index (χ3v) is 15.9. The van der Waals surface area contributed by atoms with E-state index in [1.165, 1.54) is 35.6 Å². The number of allylic oxidation sites excluding steroid dienone is 3. The average molecular weight is 940 g/mol. The van der Waals surface area contributed by atoms with Crippen LogP contribution in [0, 0.1) is 29.1 Å². The van der Waals surface area contributed by atoms with Gasteiger partial charge in [0.05, 0.1) is 18.7 Å². The Morgan fingerprint density at radius 2 is 1.80 bits per heavy atom. The van der Waals surface area contributed by atoms with E-state index in [1.807, 2.05) is 25.3 Å². The number of carbonyl (C=O) groups excluding carboxylic acids is 2. The van der Waals surface area contributed by atoms with Crippen molar-refractivity contribution in [2.24, 2.45) is 34.8 Å². The van der Waals surface area contributed by atoms with Crippen molar-refractivity contribution in [3.05, 3.63) is 136 Å². The molecule has 0 radical (unpaired) electrons. The molecule has 3 fully saturated rings. The molecule has 8 rings (SSSR count). The largest absolute Gasteiger partial charge is 0.504 e. The number of Topliss-reactive ketones (excluding diaryl/α,β-unsaturated/α-hetero) is 1. The van der Waals surface area contributed by atoms with Gasteiger partial charge in [0.25, 0.3) is 0 Å². The van der Waals surface area contributed by atoms with Crippen LogP contribution in [0.4, 0.5) is 0 Å². The van der Waals surface area contributed by atoms with E-state index in [9.17, 15) is 24.9 Å². The van der Waals surface area contributed by atoms with Gasteiger partial charge in [-0.25, -0.2) is 0 Å². The molecule has 69 heavy (non-hydrogen) atoms. The summed E-state index contributed by atoms with van der Waals surface area (Å²) in [5, 5.41) is 45.1. The van der Waals surface area contributed by atoms with Gasteiger partial charge in [-0.1, -0.05) is 72.8 Å². The Kier molecular flexibility index (Phi) is 17.8. The maximum Gasteiger partial charge on any atom is 0.186 e. The number of nitrogens with one attached hydrogen (secondary N) is 4. The zero-order chi connectivity index (χ0) is 48.2. The van der Waals surface area contributed by atoms with Gasteiger partial charge in [0.2, 0.25) is 0 Å². The maximum atomic E-state index is 13.6. The molecular weight excluding hydrogens is 863 g/mol. The average Bonchev–Trinajstić information content (AvgIpc) is 3.75. The van der Waals surface area contributed by atoms with Gasteiger partial charge in [-0.2, -0.15) is 0 Å². The molecule has 3 aliphatic heterocycles. The van der Waals surface area contributed by atoms with Gasteiger partial charge < -0.3 is 47.1 Å². The number of aromatic hydroxyl groups is 1. The Bertz CT molecular complexity index is 2330. The van der Waals surface area contributed by atoms with E-state index < -0.39 is 12.9 Å². The normalized spacial score (nSPS) is 26.9. The van der Waals surface area contributed by atoms with Gasteiger partial charge in [-0.3, -0.25) is 9.59 Å². The molecule has 0 bridgehead atoms. The Morgan fingerprint density at radius 3 is 2.61 bits per heavy atom. The minimum Gasteiger partial charge on any atom is -0.504 e. The highest BCUT2D eigenvalue weighted by Crippen LogP contribution is 2.53. The van der Waals surface area contributed by atoms with Crippen molar-refractivity contribution in [2.75, 3.05) is 33.0 Å². The lowest BCUT2D eigenvalue weighted by atomic mass is 9.57. The van der Waals surface area contributed by atoms with Crippen LogP contribution < -0.4 is 31.7 Å². The smallest absolute Gasteiger partial charge is 0.186 e. The van der Waals surface area contributed by atoms with E-state index in [2.05, 4.69) is 82.0 Å². The van der Waals surface area contributed by atoms with Crippen LogP contribution in [-0.2, 0) is 35.3 Å². The third-order valence-electron chi connectivity index (χ3n) is 15.9. The Hall–Kier alpha value is -4.88. The second-order valence-electron chi connectivity index (χ2n) is 20.9. The minimum atomic E-state index is -0.619. The summed E-state index contributed by atoms with van der Waals surface area (Å²) >= 11 is 0. The number of dihydropyridines is 1. The number of ketones is 2. The number of aliphatic hydroxyl groups excluding tert-OH is 2. The lowest BCUT2D eigenvalue weighted by molar-refractivity contribution is -0.124. The summed E-state index contributed by atoms with van der Waals surface area (Å²) in [5.74, 6) is 2.17. The number of nitrogens with two attached hydrogens (primary N) is 1. The standard InChI is InChI=1S/C58H77N5O6/c1-39(65)35-62-49-20-23-58(33-49,34-53-52-21-25-60-36-48(52)27-45-12-7-24-61-57(45)53)22-6-13-50(66)32-51(67)19-18-43-30-55(69-38-64)54(68)29-46(43)28-47-37-63-56(59)31-44(47)17-16-42-11-5-10-41(26-42)15-14-40-8-3-2-4-9-40/h2-5,7-12,18-19,26,29-31,37,39,45,48-49,52-53,56-57,60-65,68H,6,13-17,20-25,27-28,32-36,38,59H2,1H3/b19-18+/t39-,45-,48+,49-,52-,53+,56?,57+,58-/m0/s1. The van der Waals surface area contributed by atoms with E-state index in [0.29, 0.717) is 60.7 Å². The molecule has 2 saturated carbocycles. The molecule has 9 atom stereocenters. The maximum absolute atomic E-state index is 13.6. The second kappa shape index (κ2) is 24.3. The molecule has 9 N–H and O–H groups in total. The monoisotopic (exact) mass is 940 g/mol. The number of carbonyl (C=O) groups is 2. The molecule has 0 amide bonds. The van der Waals surface area contributed by atoms with Crippen LogP contribution in [-0.4, -0.2) is 84.2 Å². The van der Waals surface area contributed by atoms with E-state index >= 15 is 0 Å². The summed E-state index contributed by atoms with van der Waals surface area (Å²) in [6.45, 7) is 4.90. The number of phenolic OH excluding ortho intramolecular Hbond substituents is 1. The van der Waals surface area contributed by atoms with Gasteiger partial charge in [0.1, 0.15) is 5.78 Å². The summed E-state index contributed by atoms with van der Waals surface area (Å²) < 4.78 is 5.35. The SMILES string of the molecule is C[C@H](O)CN[C@H]1CC[C@](CCCC(=O)CC(=O)/C=C/c2cc(OCO)c(O)cc2CC2=CNC(N)C=C2CCc2cccc(CCc3ccccc3)c2)(C[C@@H]2[C@H]3CCNC[C@H]3C[C@@H]3C=CCN[C@@H]23)C1. The van der Waals surface area contributed by atoms with Crippen molar-refractivity contribution < 1.29 is 29.6 Å². The molecule has 2 aliphatic carbocycles. The van der Waals surface area contributed by atoms with Crippen molar-refractivity contribution in [3.63, 3.8) is 0 Å². The van der Waals surface area contributed by atoms with Crippen LogP contribution in [0.15, 0.2) is 108 Å². The number of phenols is 1. The predicted molar refractivity (Wildman–Crippen MR) is 274 cm³/mol. The highest BCUT2D eigenvalue weighted by atomic mass is 16.6. The summed E-state index contributed by atoms with van der Waals surface area (Å²) in [5.41, 5.74) is 13.9. The molecule has 11 nitrogen and oxygen atoms in total. The van der Waals surface area contributed by atoms with E-state index in [0.717, 1.165) is 101 Å². The van der Waals surface area contributed by atoms with E-state index in [4.69, 9.17) is 10.5 Å². The van der Waals surface area contributed by atoms with Crippen LogP contribution in [0.1, 0.15) is 105 Å². The van der Waals surface area contributed by atoms with Crippen molar-refractivity contribution >= 4 is 17.6 Å². The number of rotatable bonds is 23. The topological polar surface area (TPSA) is 178 Å². The zero-order valence-electron chi connectivity index (χ0n) is 40.7. The van der Waals surface area contributed by atoms with Gasteiger partial charge in [-0.05, 0) is 196 Å². The molecule has 1 saturated heterocycles. The van der Waals surface area contributed by atoms with E-state index in [-0.39, 0.29) is 41.1 Å². The predicted octanol–water partition coefficient (Wildman–Crippen LogP) is 7.38. The van der Waals surface area contributed by atoms with Gasteiger partial charge >= 0.3 is 0 Å². The van der Waals surface area contributed by atoms with Crippen molar-refractivity contribution in [1.82, 2.24) is 21.3 Å². The first-order valence-corrected chi connectivity index (χ1v) is 25.9. The molecule has 0 spiro atoms. The minimum absolute atomic E-state index is 0.0571. The Balaban J connectivity index is 0.898. The fraction of sp³-hybridized carbons (Fsp3) is 0.517. The number of hydrogen-bond donors (Lipinski definition) is 8. The van der Waals surface area contributed by atoms with Crippen LogP contribution in [0.3, 0.4) is 0 Å². The lowest BCUT2D eigenvalue weighted by Crippen LogP contribution is -2.56. The fourth-order valence-corrected chi connectivity index (χ4v) is 12.5. The molecule has 5 aliphatic rings. The number of fused-ring (bicyclic) bond motifs is 2. The van der Waals surface area contributed by atoms with Gasteiger partial charge in [0.15, 0.2) is 24.1 Å². The molecule has 1 unspecified atom stereocenters. The van der Waals surface area contributed by atoms with Gasteiger partial charge in [-0.15, -0.1) is 0 Å². The number of benzene rings is 3. The van der Waals surface area contributed by atoms with Crippen LogP contribution in [0.5, 0.6) is 11.5 Å². The first-order valence-electron chi connectivity index (χ1n) is 25.9. The van der Waals surface area contributed by atoms with Crippen molar-refractivity contribution in [2.45, 2.75) is 128 Å². The molecule has 3 heterocycles. The molecule has 3 aromatic rings. The summed E-state index contributed by atoms with van der Waals surface area (Å²) in [4.78, 5) is 27.1. The number of aliphatic hydroxyl groups is 2. The van der Waals surface area contributed by atoms with Crippen molar-refractivity contribution in [1.29, 1.82) is 0 Å². The zero-order valence-corrected chi connectivity index (χ0v) is 40.7. The first kappa shape index (κ1) is 50.5. The van der Waals surface area contributed by atoms with Gasteiger partial charge in [0, 0.05) is 37.8 Å². The number of hydrogen-bond acceptors (Lipinski definition) is 11.